The van der Waals surface area contributed by atoms with Crippen LogP contribution >= 0.6 is 27.3 Å². The number of benzene rings is 2. The van der Waals surface area contributed by atoms with Gasteiger partial charge in [-0.1, -0.05) is 12.1 Å². The molecule has 9 heteroatoms. The highest BCUT2D eigenvalue weighted by Crippen LogP contribution is 2.33. The maximum absolute atomic E-state index is 13.5. The van der Waals surface area contributed by atoms with Crippen LogP contribution in [0, 0.1) is 5.82 Å². The summed E-state index contributed by atoms with van der Waals surface area (Å²) < 4.78 is 15.9. The highest BCUT2D eigenvalue weighted by molar-refractivity contribution is 9.11. The van der Waals surface area contributed by atoms with Gasteiger partial charge in [-0.05, 0) is 66.0 Å². The van der Waals surface area contributed by atoms with Crippen molar-refractivity contribution in [2.45, 2.75) is 32.4 Å². The van der Waals surface area contributed by atoms with Gasteiger partial charge in [0, 0.05) is 34.8 Å². The van der Waals surface area contributed by atoms with Crippen molar-refractivity contribution in [2.75, 3.05) is 5.32 Å². The fourth-order valence-corrected chi connectivity index (χ4v) is 4.13. The topological polar surface area (TPSA) is 80.0 Å². The maximum Gasteiger partial charge on any atom is 0.275 e. The van der Waals surface area contributed by atoms with Crippen LogP contribution in [0.4, 0.5) is 10.1 Å². The molecule has 1 amide bonds. The zero-order valence-corrected chi connectivity index (χ0v) is 19.3. The van der Waals surface area contributed by atoms with E-state index in [2.05, 4.69) is 31.3 Å². The second-order valence-corrected chi connectivity index (χ2v) is 9.99. The van der Waals surface area contributed by atoms with Crippen molar-refractivity contribution in [3.8, 4) is 11.1 Å². The van der Waals surface area contributed by atoms with E-state index in [0.717, 1.165) is 22.0 Å². The third-order valence-corrected chi connectivity index (χ3v) is 6.12. The minimum absolute atomic E-state index is 0.308. The largest absolute Gasteiger partial charge is 0.390 e. The number of aryl methyl sites for hydroxylation is 1. The molecule has 0 atom stereocenters. The van der Waals surface area contributed by atoms with E-state index in [4.69, 9.17) is 0 Å². The number of amides is 1. The molecule has 4 aromatic rings. The third kappa shape index (κ3) is 5.17. The number of carbonyl (C=O) groups excluding carboxylic acids is 1. The molecule has 0 unspecified atom stereocenters. The Kier molecular flexibility index (Phi) is 5.92. The van der Waals surface area contributed by atoms with Crippen LogP contribution in [0.2, 0.25) is 0 Å². The van der Waals surface area contributed by atoms with Crippen LogP contribution in [0.3, 0.4) is 0 Å². The highest BCUT2D eigenvalue weighted by atomic mass is 79.9. The number of nitrogens with zero attached hydrogens (tertiary/aromatic N) is 3. The van der Waals surface area contributed by atoms with Crippen molar-refractivity contribution in [2.24, 2.45) is 0 Å². The van der Waals surface area contributed by atoms with E-state index in [0.29, 0.717) is 28.3 Å². The zero-order chi connectivity index (χ0) is 22.2. The Hall–Kier alpha value is -2.62. The van der Waals surface area contributed by atoms with Crippen molar-refractivity contribution in [3.05, 3.63) is 63.4 Å². The number of anilines is 1. The average molecular weight is 503 g/mol. The number of aromatic nitrogens is 3. The van der Waals surface area contributed by atoms with Crippen LogP contribution < -0.4 is 5.32 Å². The fourth-order valence-electron chi connectivity index (χ4n) is 3.14. The number of rotatable bonds is 6. The van der Waals surface area contributed by atoms with Gasteiger partial charge in [-0.3, -0.25) is 9.48 Å². The summed E-state index contributed by atoms with van der Waals surface area (Å²) in [6.07, 6.45) is 2.43. The third-order valence-electron chi connectivity index (χ3n) is 4.76. The molecule has 2 aromatic carbocycles. The molecule has 2 heterocycles. The predicted molar refractivity (Wildman–Crippen MR) is 124 cm³/mol. The molecule has 0 spiro atoms. The van der Waals surface area contributed by atoms with Crippen molar-refractivity contribution in [3.63, 3.8) is 0 Å². The molecule has 0 saturated heterocycles. The zero-order valence-electron chi connectivity index (χ0n) is 16.9. The number of aliphatic hydroxyl groups is 1. The van der Waals surface area contributed by atoms with Crippen LogP contribution in [0.25, 0.3) is 22.0 Å². The molecule has 31 heavy (non-hydrogen) atoms. The molecule has 4 rings (SSSR count). The number of halogens is 2. The molecule has 2 N–H and O–H groups in total. The number of hydrogen-bond donors (Lipinski definition) is 2. The van der Waals surface area contributed by atoms with Crippen molar-refractivity contribution in [1.29, 1.82) is 0 Å². The Bertz CT molecular complexity index is 1240. The van der Waals surface area contributed by atoms with E-state index in [1.54, 1.807) is 36.0 Å². The molecule has 6 nitrogen and oxygen atoms in total. The summed E-state index contributed by atoms with van der Waals surface area (Å²) in [7, 11) is 0. The molecule has 2 aromatic heterocycles. The summed E-state index contributed by atoms with van der Waals surface area (Å²) >= 11 is 4.60. The van der Waals surface area contributed by atoms with E-state index in [9.17, 15) is 14.3 Å². The highest BCUT2D eigenvalue weighted by Gasteiger charge is 2.17. The Morgan fingerprint density at radius 1 is 1.29 bits per heavy atom. The van der Waals surface area contributed by atoms with E-state index < -0.39 is 5.60 Å². The first-order chi connectivity index (χ1) is 14.7. The summed E-state index contributed by atoms with van der Waals surface area (Å²) in [5.74, 6) is -0.669. The van der Waals surface area contributed by atoms with E-state index in [-0.39, 0.29) is 11.7 Å². The predicted octanol–water partition coefficient (Wildman–Crippen LogP) is 5.47. The van der Waals surface area contributed by atoms with Gasteiger partial charge in [0.15, 0.2) is 3.92 Å². The maximum atomic E-state index is 13.5. The second-order valence-electron chi connectivity index (χ2n) is 7.86. The molecule has 160 valence electrons. The van der Waals surface area contributed by atoms with Gasteiger partial charge in [0.2, 0.25) is 0 Å². The average Bonchev–Trinajstić information content (AvgIpc) is 3.31. The summed E-state index contributed by atoms with van der Waals surface area (Å²) in [4.78, 5) is 16.9. The molecular weight excluding hydrogens is 483 g/mol. The van der Waals surface area contributed by atoms with Crippen molar-refractivity contribution < 1.29 is 14.3 Å². The fraction of sp³-hybridized carbons (Fsp3) is 0.227. The van der Waals surface area contributed by atoms with E-state index in [1.807, 2.05) is 18.3 Å². The molecule has 0 aliphatic rings. The molecule has 0 radical (unpaired) electrons. The SMILES string of the molecule is CC(C)(O)CCn1cc2cc(NC(=O)c3csc(Br)n3)c(-c3ccc(F)cc3)cc2n1. The van der Waals surface area contributed by atoms with Gasteiger partial charge in [-0.15, -0.1) is 11.3 Å². The number of carbonyl (C=O) groups is 1. The van der Waals surface area contributed by atoms with Crippen LogP contribution in [0.1, 0.15) is 30.8 Å². The molecular formula is C22H20BrFN4O2S. The lowest BCUT2D eigenvalue weighted by atomic mass is 10.0. The molecule has 0 aliphatic carbocycles. The summed E-state index contributed by atoms with van der Waals surface area (Å²) in [5.41, 5.74) is 2.31. The Morgan fingerprint density at radius 2 is 2.03 bits per heavy atom. The van der Waals surface area contributed by atoms with E-state index >= 15 is 0 Å². The van der Waals surface area contributed by atoms with Crippen molar-refractivity contribution >= 4 is 49.8 Å². The lowest BCUT2D eigenvalue weighted by molar-refractivity contribution is 0.0651. The monoisotopic (exact) mass is 502 g/mol. The first-order valence-electron chi connectivity index (χ1n) is 9.60. The Balaban J connectivity index is 1.74. The normalized spacial score (nSPS) is 11.8. The van der Waals surface area contributed by atoms with Crippen LogP contribution in [0.15, 0.2) is 51.9 Å². The standard InChI is InChI=1S/C22H20BrFN4O2S/c1-22(2,30)7-8-28-11-14-9-18(25-20(29)19-12-31-21(23)26-19)16(10-17(14)27-28)13-3-5-15(24)6-4-13/h3-6,9-12,30H,7-8H2,1-2H3,(H,25,29). The Labute approximate surface area is 190 Å². The van der Waals surface area contributed by atoms with Crippen LogP contribution in [0.5, 0.6) is 0 Å². The van der Waals surface area contributed by atoms with Gasteiger partial charge < -0.3 is 10.4 Å². The number of hydrogen-bond acceptors (Lipinski definition) is 5. The van der Waals surface area contributed by atoms with Crippen LogP contribution in [-0.2, 0) is 6.54 Å². The Morgan fingerprint density at radius 3 is 2.68 bits per heavy atom. The molecule has 0 aliphatic heterocycles. The molecule has 0 bridgehead atoms. The van der Waals surface area contributed by atoms with Crippen molar-refractivity contribution in [1.82, 2.24) is 14.8 Å². The number of nitrogens with one attached hydrogen (secondary N) is 1. The minimum Gasteiger partial charge on any atom is -0.390 e. The first kappa shape index (κ1) is 21.6. The summed E-state index contributed by atoms with van der Waals surface area (Å²) in [6, 6.07) is 9.81. The van der Waals surface area contributed by atoms with Gasteiger partial charge in [-0.2, -0.15) is 5.10 Å². The minimum atomic E-state index is -0.793. The van der Waals surface area contributed by atoms with Gasteiger partial charge >= 0.3 is 0 Å². The first-order valence-corrected chi connectivity index (χ1v) is 11.3. The lowest BCUT2D eigenvalue weighted by Crippen LogP contribution is -2.21. The van der Waals surface area contributed by atoms with E-state index in [1.165, 1.54) is 23.5 Å². The van der Waals surface area contributed by atoms with Gasteiger partial charge in [0.25, 0.3) is 5.91 Å². The summed E-state index contributed by atoms with van der Waals surface area (Å²) in [6.45, 7) is 4.07. The van der Waals surface area contributed by atoms with Gasteiger partial charge in [0.1, 0.15) is 11.5 Å². The van der Waals surface area contributed by atoms with Gasteiger partial charge in [0.05, 0.1) is 11.1 Å². The number of thiazole rings is 1. The van der Waals surface area contributed by atoms with Crippen LogP contribution in [-0.4, -0.2) is 31.4 Å². The number of fused-ring (bicyclic) bond motifs is 1. The van der Waals surface area contributed by atoms with Gasteiger partial charge in [-0.25, -0.2) is 9.37 Å². The molecule has 0 fully saturated rings. The lowest BCUT2D eigenvalue weighted by Gasteiger charge is -2.16. The second kappa shape index (κ2) is 8.49. The smallest absolute Gasteiger partial charge is 0.275 e. The molecule has 0 saturated carbocycles. The summed E-state index contributed by atoms with van der Waals surface area (Å²) in [5, 5.41) is 20.0. The quantitative estimate of drug-likeness (QED) is 0.366.